The van der Waals surface area contributed by atoms with Gasteiger partial charge in [0.25, 0.3) is 5.91 Å². The monoisotopic (exact) mass is 493 g/mol. The largest absolute Gasteiger partial charge is 0.467 e. The molecule has 33 heavy (non-hydrogen) atoms. The van der Waals surface area contributed by atoms with Crippen molar-refractivity contribution in [1.29, 1.82) is 0 Å². The highest BCUT2D eigenvalue weighted by molar-refractivity contribution is 6.34. The smallest absolute Gasteiger partial charge is 0.328 e. The van der Waals surface area contributed by atoms with Gasteiger partial charge in [-0.15, -0.1) is 12.4 Å². The van der Waals surface area contributed by atoms with Crippen molar-refractivity contribution in [2.45, 2.75) is 44.7 Å². The molecular weight excluding hydrogens is 465 g/mol. The van der Waals surface area contributed by atoms with Crippen LogP contribution in [0, 0.1) is 6.92 Å². The molecule has 1 unspecified atom stereocenters. The van der Waals surface area contributed by atoms with E-state index in [-0.39, 0.29) is 30.8 Å². The predicted molar refractivity (Wildman–Crippen MR) is 131 cm³/mol. The summed E-state index contributed by atoms with van der Waals surface area (Å²) in [6, 6.07) is 11.3. The summed E-state index contributed by atoms with van der Waals surface area (Å²) in [5, 5.41) is 9.18. The average molecular weight is 494 g/mol. The van der Waals surface area contributed by atoms with E-state index in [1.54, 1.807) is 37.3 Å². The summed E-state index contributed by atoms with van der Waals surface area (Å²) in [7, 11) is 1.28. The lowest BCUT2D eigenvalue weighted by Gasteiger charge is -2.22. The van der Waals surface area contributed by atoms with Gasteiger partial charge in [0.05, 0.1) is 23.7 Å². The van der Waals surface area contributed by atoms with Crippen molar-refractivity contribution in [1.82, 2.24) is 10.6 Å². The number of carbonyl (C=O) groups is 3. The summed E-state index contributed by atoms with van der Waals surface area (Å²) in [6.07, 6.45) is 3.19. The number of anilines is 1. The number of amides is 2. The molecule has 1 fully saturated rings. The molecule has 2 atom stereocenters. The third kappa shape index (κ3) is 7.19. The number of aryl methyl sites for hydroxylation is 1. The standard InChI is InChI=1S/C24H28ClN3O4.ClH/c1-15-6-5-7-18(25)21(15)23(30)28-20(24(31)32-2)14-16-9-11-17(12-10-16)27-22(29)19-8-3-4-13-26-19;/h5-7,9-12,19-20,26H,3-4,8,13-14H2,1-2H3,(H,27,29)(H,28,30);1H/t19?,20-;/m0./s1. The first kappa shape index (κ1) is 26.6. The molecule has 1 heterocycles. The summed E-state index contributed by atoms with van der Waals surface area (Å²) >= 11 is 6.18. The third-order valence-electron chi connectivity index (χ3n) is 5.53. The number of hydrogen-bond donors (Lipinski definition) is 3. The topological polar surface area (TPSA) is 96.5 Å². The molecule has 0 radical (unpaired) electrons. The van der Waals surface area contributed by atoms with Crippen molar-refractivity contribution in [2.24, 2.45) is 0 Å². The van der Waals surface area contributed by atoms with Crippen LogP contribution in [-0.4, -0.2) is 43.5 Å². The number of piperidine rings is 1. The Bertz CT molecular complexity index is 956. The number of ether oxygens (including phenoxy) is 1. The van der Waals surface area contributed by atoms with Crippen LogP contribution in [0.3, 0.4) is 0 Å². The summed E-state index contributed by atoms with van der Waals surface area (Å²) in [6.45, 7) is 2.63. The maximum atomic E-state index is 12.8. The first-order valence-corrected chi connectivity index (χ1v) is 11.0. The maximum Gasteiger partial charge on any atom is 0.328 e. The van der Waals surface area contributed by atoms with Crippen molar-refractivity contribution < 1.29 is 19.1 Å². The quantitative estimate of drug-likeness (QED) is 0.511. The minimum atomic E-state index is -0.880. The van der Waals surface area contributed by atoms with Crippen LogP contribution in [0.4, 0.5) is 5.69 Å². The van der Waals surface area contributed by atoms with E-state index >= 15 is 0 Å². The summed E-state index contributed by atoms with van der Waals surface area (Å²) < 4.78 is 4.87. The van der Waals surface area contributed by atoms with E-state index in [2.05, 4.69) is 16.0 Å². The van der Waals surface area contributed by atoms with Gasteiger partial charge in [0.1, 0.15) is 6.04 Å². The molecule has 178 valence electrons. The number of rotatable bonds is 7. The fourth-order valence-electron chi connectivity index (χ4n) is 3.75. The van der Waals surface area contributed by atoms with Gasteiger partial charge >= 0.3 is 5.97 Å². The zero-order chi connectivity index (χ0) is 23.1. The van der Waals surface area contributed by atoms with E-state index in [9.17, 15) is 14.4 Å². The molecule has 3 rings (SSSR count). The predicted octanol–water partition coefficient (Wildman–Crippen LogP) is 3.66. The Labute approximate surface area is 205 Å². The highest BCUT2D eigenvalue weighted by atomic mass is 35.5. The van der Waals surface area contributed by atoms with Crippen molar-refractivity contribution in [3.63, 3.8) is 0 Å². The molecule has 0 saturated carbocycles. The van der Waals surface area contributed by atoms with Gasteiger partial charge in [-0.05, 0) is 55.6 Å². The molecule has 0 bridgehead atoms. The van der Waals surface area contributed by atoms with E-state index in [4.69, 9.17) is 16.3 Å². The van der Waals surface area contributed by atoms with Crippen LogP contribution >= 0.6 is 24.0 Å². The van der Waals surface area contributed by atoms with Gasteiger partial charge in [0, 0.05) is 12.1 Å². The lowest BCUT2D eigenvalue weighted by Crippen LogP contribution is -2.43. The number of carbonyl (C=O) groups excluding carboxylic acids is 3. The second-order valence-corrected chi connectivity index (χ2v) is 8.28. The molecule has 0 aromatic heterocycles. The van der Waals surface area contributed by atoms with Gasteiger partial charge in [-0.1, -0.05) is 42.3 Å². The number of hydrogen-bond acceptors (Lipinski definition) is 5. The molecule has 7 nitrogen and oxygen atoms in total. The molecule has 2 aromatic rings. The van der Waals surface area contributed by atoms with Crippen LogP contribution in [0.15, 0.2) is 42.5 Å². The Morgan fingerprint density at radius 3 is 2.48 bits per heavy atom. The van der Waals surface area contributed by atoms with Gasteiger partial charge in [-0.2, -0.15) is 0 Å². The minimum absolute atomic E-state index is 0. The highest BCUT2D eigenvalue weighted by Crippen LogP contribution is 2.20. The zero-order valence-electron chi connectivity index (χ0n) is 18.7. The van der Waals surface area contributed by atoms with Gasteiger partial charge in [0.2, 0.25) is 5.91 Å². The van der Waals surface area contributed by atoms with Crippen LogP contribution in [0.5, 0.6) is 0 Å². The third-order valence-corrected chi connectivity index (χ3v) is 5.84. The van der Waals surface area contributed by atoms with Crippen molar-refractivity contribution in [3.05, 3.63) is 64.2 Å². The van der Waals surface area contributed by atoms with Crippen LogP contribution < -0.4 is 16.0 Å². The Kier molecular flexibility index (Phi) is 10.2. The van der Waals surface area contributed by atoms with E-state index in [1.807, 2.05) is 12.1 Å². The van der Waals surface area contributed by atoms with E-state index in [0.29, 0.717) is 21.8 Å². The Balaban J connectivity index is 0.00000385. The van der Waals surface area contributed by atoms with Crippen molar-refractivity contribution in [3.8, 4) is 0 Å². The zero-order valence-corrected chi connectivity index (χ0v) is 20.2. The fourth-order valence-corrected chi connectivity index (χ4v) is 4.06. The van der Waals surface area contributed by atoms with E-state index < -0.39 is 17.9 Å². The number of nitrogens with one attached hydrogen (secondary N) is 3. The second kappa shape index (κ2) is 12.6. The molecule has 2 amide bonds. The Morgan fingerprint density at radius 2 is 1.88 bits per heavy atom. The summed E-state index contributed by atoms with van der Waals surface area (Å²) in [5.74, 6) is -1.04. The van der Waals surface area contributed by atoms with Crippen molar-refractivity contribution >= 4 is 47.5 Å². The molecule has 3 N–H and O–H groups in total. The number of methoxy groups -OCH3 is 1. The van der Waals surface area contributed by atoms with E-state index in [1.165, 1.54) is 7.11 Å². The molecule has 1 aliphatic rings. The highest BCUT2D eigenvalue weighted by Gasteiger charge is 2.25. The SMILES string of the molecule is COC(=O)[C@H](Cc1ccc(NC(=O)C2CCCCN2)cc1)NC(=O)c1c(C)cccc1Cl.Cl. The maximum absolute atomic E-state index is 12.8. The van der Waals surface area contributed by atoms with Crippen LogP contribution in [-0.2, 0) is 20.7 Å². The van der Waals surface area contributed by atoms with Crippen LogP contribution in [0.1, 0.15) is 40.7 Å². The molecule has 1 saturated heterocycles. The average Bonchev–Trinajstić information content (AvgIpc) is 2.79. The molecule has 0 spiro atoms. The molecule has 1 aliphatic heterocycles. The lowest BCUT2D eigenvalue weighted by atomic mass is 10.0. The van der Waals surface area contributed by atoms with Gasteiger partial charge in [0.15, 0.2) is 0 Å². The first-order valence-electron chi connectivity index (χ1n) is 10.7. The van der Waals surface area contributed by atoms with Gasteiger partial charge in [-0.3, -0.25) is 9.59 Å². The molecular formula is C24H29Cl2N3O4. The summed E-state index contributed by atoms with van der Waals surface area (Å²) in [4.78, 5) is 37.5. The second-order valence-electron chi connectivity index (χ2n) is 7.87. The van der Waals surface area contributed by atoms with Crippen LogP contribution in [0.25, 0.3) is 0 Å². The fraction of sp³-hybridized carbons (Fsp3) is 0.375. The number of halogens is 2. The number of benzene rings is 2. The first-order chi connectivity index (χ1) is 15.4. The van der Waals surface area contributed by atoms with Crippen molar-refractivity contribution in [2.75, 3.05) is 19.0 Å². The molecule has 2 aromatic carbocycles. The van der Waals surface area contributed by atoms with Crippen LogP contribution in [0.2, 0.25) is 5.02 Å². The summed E-state index contributed by atoms with van der Waals surface area (Å²) in [5.41, 5.74) is 2.53. The van der Waals surface area contributed by atoms with Gasteiger partial charge < -0.3 is 20.7 Å². The molecule has 0 aliphatic carbocycles. The minimum Gasteiger partial charge on any atom is -0.467 e. The van der Waals surface area contributed by atoms with Gasteiger partial charge in [-0.25, -0.2) is 4.79 Å². The molecule has 9 heteroatoms. The lowest BCUT2D eigenvalue weighted by molar-refractivity contribution is -0.142. The Morgan fingerprint density at radius 1 is 1.15 bits per heavy atom. The van der Waals surface area contributed by atoms with E-state index in [0.717, 1.165) is 31.4 Å². The normalized spacial score (nSPS) is 16.2. The number of esters is 1. The Hall–Kier alpha value is -2.61.